The Bertz CT molecular complexity index is 1150. The number of carboxylic acids is 1. The van der Waals surface area contributed by atoms with Crippen LogP contribution in [0.25, 0.3) is 6.08 Å². The van der Waals surface area contributed by atoms with Crippen molar-refractivity contribution in [1.82, 2.24) is 0 Å². The van der Waals surface area contributed by atoms with Crippen LogP contribution in [0.15, 0.2) is 78.9 Å². The summed E-state index contributed by atoms with van der Waals surface area (Å²) >= 11 is 0. The molecule has 0 amide bonds. The Labute approximate surface area is 208 Å². The van der Waals surface area contributed by atoms with Crippen LogP contribution in [0, 0.1) is 0 Å². The number of methoxy groups -OCH3 is 1. The van der Waals surface area contributed by atoms with Crippen LogP contribution in [0.3, 0.4) is 0 Å². The molecule has 0 aliphatic rings. The van der Waals surface area contributed by atoms with Crippen molar-refractivity contribution in [2.45, 2.75) is 51.4 Å². The first-order chi connectivity index (χ1) is 17.0. The molecule has 0 aliphatic carbocycles. The van der Waals surface area contributed by atoms with Crippen molar-refractivity contribution in [3.05, 3.63) is 107 Å². The first kappa shape index (κ1) is 26.0. The van der Waals surface area contributed by atoms with Crippen LogP contribution in [-0.4, -0.2) is 24.0 Å². The number of hydrogen-bond donors (Lipinski definition) is 1. The third kappa shape index (κ3) is 7.41. The number of carbonyl (C=O) groups is 2. The van der Waals surface area contributed by atoms with Crippen molar-refractivity contribution in [2.75, 3.05) is 7.11 Å². The molecule has 0 aliphatic heterocycles. The Morgan fingerprint density at radius 2 is 1.69 bits per heavy atom. The maximum absolute atomic E-state index is 13.2. The van der Waals surface area contributed by atoms with E-state index in [0.29, 0.717) is 5.56 Å². The molecule has 0 spiro atoms. The second-order valence-electron chi connectivity index (χ2n) is 8.75. The average molecular weight is 471 g/mol. The summed E-state index contributed by atoms with van der Waals surface area (Å²) in [4.78, 5) is 24.4. The summed E-state index contributed by atoms with van der Waals surface area (Å²) in [6, 6.07) is 23.0. The number of ether oxygens (including phenoxy) is 1. The smallest absolute Gasteiger partial charge is 0.328 e. The molecule has 0 aromatic heterocycles. The van der Waals surface area contributed by atoms with Crippen LogP contribution in [0.4, 0.5) is 0 Å². The fourth-order valence-electron chi connectivity index (χ4n) is 4.48. The third-order valence-electron chi connectivity index (χ3n) is 6.36. The molecule has 35 heavy (non-hydrogen) atoms. The summed E-state index contributed by atoms with van der Waals surface area (Å²) < 4.78 is 5.49. The van der Waals surface area contributed by atoms with Crippen LogP contribution < -0.4 is 4.74 Å². The minimum absolute atomic E-state index is 0.0372. The fraction of sp³-hybridized carbons (Fsp3) is 0.290. The Balaban J connectivity index is 1.91. The van der Waals surface area contributed by atoms with Gasteiger partial charge in [-0.1, -0.05) is 86.8 Å². The highest BCUT2D eigenvalue weighted by Crippen LogP contribution is 2.34. The maximum Gasteiger partial charge on any atom is 0.328 e. The zero-order valence-electron chi connectivity index (χ0n) is 20.6. The second-order valence-corrected chi connectivity index (χ2v) is 8.75. The van der Waals surface area contributed by atoms with Crippen LogP contribution >= 0.6 is 0 Å². The van der Waals surface area contributed by atoms with Gasteiger partial charge < -0.3 is 9.84 Å². The highest BCUT2D eigenvalue weighted by atomic mass is 16.5. The van der Waals surface area contributed by atoms with Gasteiger partial charge in [-0.05, 0) is 60.1 Å². The summed E-state index contributed by atoms with van der Waals surface area (Å²) in [6.07, 6.45) is 8.80. The number of aliphatic carboxylic acids is 1. The molecule has 4 heteroatoms. The van der Waals surface area contributed by atoms with E-state index in [1.54, 1.807) is 13.2 Å². The van der Waals surface area contributed by atoms with Gasteiger partial charge in [0, 0.05) is 17.2 Å². The minimum atomic E-state index is -0.970. The minimum Gasteiger partial charge on any atom is -0.497 e. The van der Waals surface area contributed by atoms with Gasteiger partial charge in [-0.25, -0.2) is 4.79 Å². The first-order valence-electron chi connectivity index (χ1n) is 12.3. The van der Waals surface area contributed by atoms with Crippen LogP contribution in [0.2, 0.25) is 0 Å². The van der Waals surface area contributed by atoms with E-state index in [1.807, 2.05) is 72.8 Å². The van der Waals surface area contributed by atoms with Crippen LogP contribution in [0.1, 0.15) is 77.6 Å². The van der Waals surface area contributed by atoms with Gasteiger partial charge in [0.25, 0.3) is 0 Å². The molecule has 3 rings (SSSR count). The van der Waals surface area contributed by atoms with Gasteiger partial charge in [0.05, 0.1) is 7.11 Å². The number of aryl methyl sites for hydroxylation is 1. The van der Waals surface area contributed by atoms with E-state index >= 15 is 0 Å². The molecule has 0 saturated heterocycles. The second kappa shape index (κ2) is 13.3. The molecule has 3 aromatic rings. The lowest BCUT2D eigenvalue weighted by Gasteiger charge is -2.21. The van der Waals surface area contributed by atoms with Gasteiger partial charge in [0.15, 0.2) is 5.78 Å². The van der Waals surface area contributed by atoms with Crippen molar-refractivity contribution in [3.63, 3.8) is 0 Å². The number of unbranched alkanes of at least 4 members (excludes halogenated alkanes) is 2. The highest BCUT2D eigenvalue weighted by Gasteiger charge is 2.19. The van der Waals surface area contributed by atoms with E-state index in [-0.39, 0.29) is 11.7 Å². The predicted molar refractivity (Wildman–Crippen MR) is 141 cm³/mol. The van der Waals surface area contributed by atoms with E-state index in [1.165, 1.54) is 6.08 Å². The molecule has 0 heterocycles. The number of ketones is 1. The van der Waals surface area contributed by atoms with Gasteiger partial charge in [-0.2, -0.15) is 0 Å². The largest absolute Gasteiger partial charge is 0.497 e. The van der Waals surface area contributed by atoms with E-state index in [0.717, 1.165) is 66.5 Å². The summed E-state index contributed by atoms with van der Waals surface area (Å²) in [6.45, 7) is 2.19. The van der Waals surface area contributed by atoms with Crippen molar-refractivity contribution in [3.8, 4) is 5.75 Å². The summed E-state index contributed by atoms with van der Waals surface area (Å²) in [5.41, 5.74) is 4.44. The van der Waals surface area contributed by atoms with Crippen molar-refractivity contribution in [1.29, 1.82) is 0 Å². The molecule has 1 unspecified atom stereocenters. The topological polar surface area (TPSA) is 63.6 Å². The van der Waals surface area contributed by atoms with Gasteiger partial charge in [0.1, 0.15) is 5.75 Å². The van der Waals surface area contributed by atoms with Crippen molar-refractivity contribution >= 4 is 17.8 Å². The first-order valence-corrected chi connectivity index (χ1v) is 12.3. The zero-order valence-corrected chi connectivity index (χ0v) is 20.6. The van der Waals surface area contributed by atoms with E-state index < -0.39 is 5.97 Å². The number of rotatable bonds is 13. The average Bonchev–Trinajstić information content (AvgIpc) is 2.89. The molecule has 1 N–H and O–H groups in total. The Hall–Kier alpha value is -3.66. The zero-order chi connectivity index (χ0) is 25.0. The Kier molecular flexibility index (Phi) is 9.85. The van der Waals surface area contributed by atoms with Crippen LogP contribution in [-0.2, 0) is 11.2 Å². The van der Waals surface area contributed by atoms with Gasteiger partial charge in [-0.3, -0.25) is 4.79 Å². The molecule has 4 nitrogen and oxygen atoms in total. The number of carboxylic acid groups (broad SMARTS) is 1. The van der Waals surface area contributed by atoms with E-state index in [4.69, 9.17) is 9.84 Å². The fourth-order valence-corrected chi connectivity index (χ4v) is 4.48. The molecule has 3 aromatic carbocycles. The molecule has 0 bridgehead atoms. The molecular weight excluding hydrogens is 436 g/mol. The monoisotopic (exact) mass is 470 g/mol. The van der Waals surface area contributed by atoms with Gasteiger partial charge in [0.2, 0.25) is 0 Å². The molecular formula is C31H34O4. The summed E-state index contributed by atoms with van der Waals surface area (Å²) in [5, 5.41) is 9.16. The van der Waals surface area contributed by atoms with Gasteiger partial charge in [-0.15, -0.1) is 0 Å². The number of benzene rings is 3. The predicted octanol–water partition coefficient (Wildman–Crippen LogP) is 7.32. The Morgan fingerprint density at radius 1 is 0.943 bits per heavy atom. The summed E-state index contributed by atoms with van der Waals surface area (Å²) in [7, 11) is 1.64. The standard InChI is InChI=1S/C31H34O4/c1-3-4-6-11-24(29-22-27(35-2)20-18-25(29)19-21-30(32)33)17-16-23-12-9-10-15-28(23)31(34)26-13-7-5-8-14-26/h5,7-10,12-15,18-22,24H,3-4,6,11,16-17H2,1-2H3,(H,32,33). The molecule has 0 fully saturated rings. The molecule has 1 atom stereocenters. The maximum atomic E-state index is 13.2. The quantitative estimate of drug-likeness (QED) is 0.161. The summed E-state index contributed by atoms with van der Waals surface area (Å²) in [5.74, 6) is 0.0375. The number of hydrogen-bond acceptors (Lipinski definition) is 3. The lowest BCUT2D eigenvalue weighted by Crippen LogP contribution is -2.08. The highest BCUT2D eigenvalue weighted by molar-refractivity contribution is 6.09. The van der Waals surface area contributed by atoms with E-state index in [9.17, 15) is 9.59 Å². The lowest BCUT2D eigenvalue weighted by atomic mass is 9.84. The van der Waals surface area contributed by atoms with Crippen LogP contribution in [0.5, 0.6) is 5.75 Å². The van der Waals surface area contributed by atoms with Crippen molar-refractivity contribution < 1.29 is 19.4 Å². The molecule has 0 saturated carbocycles. The normalized spacial score (nSPS) is 11.9. The number of carbonyl (C=O) groups excluding carboxylic acids is 1. The van der Waals surface area contributed by atoms with Gasteiger partial charge >= 0.3 is 5.97 Å². The third-order valence-corrected chi connectivity index (χ3v) is 6.36. The van der Waals surface area contributed by atoms with E-state index in [2.05, 4.69) is 6.92 Å². The van der Waals surface area contributed by atoms with Crippen molar-refractivity contribution in [2.24, 2.45) is 0 Å². The lowest BCUT2D eigenvalue weighted by molar-refractivity contribution is -0.131. The molecule has 0 radical (unpaired) electrons. The Morgan fingerprint density at radius 3 is 2.40 bits per heavy atom. The SMILES string of the molecule is CCCCCC(CCc1ccccc1C(=O)c1ccccc1)c1cc(OC)ccc1C=CC(=O)O. The molecule has 182 valence electrons.